The van der Waals surface area contributed by atoms with Crippen molar-refractivity contribution in [3.05, 3.63) is 57.0 Å². The first-order chi connectivity index (χ1) is 13.4. The summed E-state index contributed by atoms with van der Waals surface area (Å²) in [7, 11) is 0. The van der Waals surface area contributed by atoms with E-state index in [2.05, 4.69) is 85.7 Å². The van der Waals surface area contributed by atoms with E-state index in [4.69, 9.17) is 0 Å². The van der Waals surface area contributed by atoms with Crippen molar-refractivity contribution in [1.29, 1.82) is 0 Å². The van der Waals surface area contributed by atoms with Gasteiger partial charge in [0.2, 0.25) is 0 Å². The van der Waals surface area contributed by atoms with Crippen LogP contribution in [0.5, 0.6) is 0 Å². The number of fused-ring (bicyclic) bond motifs is 5. The molecule has 0 saturated carbocycles. The molecule has 1 unspecified atom stereocenters. The number of hydrogen-bond acceptors (Lipinski definition) is 0. The van der Waals surface area contributed by atoms with Gasteiger partial charge in [-0.2, -0.15) is 0 Å². The van der Waals surface area contributed by atoms with Crippen LogP contribution in [0.1, 0.15) is 96.9 Å². The van der Waals surface area contributed by atoms with Crippen molar-refractivity contribution in [2.24, 2.45) is 5.92 Å². The molecule has 0 heterocycles. The van der Waals surface area contributed by atoms with Gasteiger partial charge < -0.3 is 0 Å². The van der Waals surface area contributed by atoms with E-state index < -0.39 is 0 Å². The molecule has 3 aliphatic rings. The Hall–Kier alpha value is -1.82. The Labute approximate surface area is 176 Å². The van der Waals surface area contributed by atoms with Gasteiger partial charge in [0.05, 0.1) is 0 Å². The second kappa shape index (κ2) is 5.65. The highest BCUT2D eigenvalue weighted by atomic mass is 14.5. The van der Waals surface area contributed by atoms with Crippen LogP contribution in [0, 0.1) is 5.92 Å². The van der Waals surface area contributed by atoms with E-state index in [-0.39, 0.29) is 16.2 Å². The Morgan fingerprint density at radius 2 is 1.52 bits per heavy atom. The molecule has 0 bridgehead atoms. The maximum atomic E-state index is 2.55. The molecular weight excluding hydrogens is 348 g/mol. The van der Waals surface area contributed by atoms with Gasteiger partial charge in [0, 0.05) is 0 Å². The van der Waals surface area contributed by atoms with Crippen molar-refractivity contribution >= 4 is 11.6 Å². The minimum absolute atomic E-state index is 0.230. The molecule has 152 valence electrons. The monoisotopic (exact) mass is 384 g/mol. The third-order valence-electron chi connectivity index (χ3n) is 8.77. The molecule has 3 aliphatic carbocycles. The molecule has 0 N–H and O–H groups in total. The van der Waals surface area contributed by atoms with Gasteiger partial charge in [0.1, 0.15) is 0 Å². The maximum absolute atomic E-state index is 2.55. The summed E-state index contributed by atoms with van der Waals surface area (Å²) in [5.41, 5.74) is 11.3. The molecule has 0 nitrogen and oxygen atoms in total. The fourth-order valence-electron chi connectivity index (χ4n) is 6.28. The summed E-state index contributed by atoms with van der Waals surface area (Å²) >= 11 is 0. The van der Waals surface area contributed by atoms with Crippen LogP contribution in [0.3, 0.4) is 0 Å². The van der Waals surface area contributed by atoms with Crippen LogP contribution in [-0.2, 0) is 16.2 Å². The van der Waals surface area contributed by atoms with Gasteiger partial charge in [0.25, 0.3) is 0 Å². The summed E-state index contributed by atoms with van der Waals surface area (Å²) in [6.07, 6.45) is 6.19. The van der Waals surface area contributed by atoms with Gasteiger partial charge >= 0.3 is 0 Å². The predicted molar refractivity (Wildman–Crippen MR) is 126 cm³/mol. The third-order valence-corrected chi connectivity index (χ3v) is 8.77. The molecule has 29 heavy (non-hydrogen) atoms. The molecule has 2 aromatic carbocycles. The standard InChI is InChI=1S/C29H36/c1-17-9-10-27(3,4)24-12-19-11-20-13-26-25(15-23(20)22(19)14-21(17)24)28(5,6)16-18(2)29(26,7)8/h11-15,18H,9-10,16H2,1-8H3. The molecule has 0 heteroatoms. The Bertz CT molecular complexity index is 1170. The van der Waals surface area contributed by atoms with Crippen molar-refractivity contribution in [2.75, 3.05) is 0 Å². The zero-order valence-electron chi connectivity index (χ0n) is 19.6. The largest absolute Gasteiger partial charge is 0.0657 e. The minimum atomic E-state index is 0.230. The first-order valence-electron chi connectivity index (χ1n) is 11.5. The topological polar surface area (TPSA) is 0 Å². The summed E-state index contributed by atoms with van der Waals surface area (Å²) in [4.78, 5) is 0. The molecule has 0 fully saturated rings. The summed E-state index contributed by atoms with van der Waals surface area (Å²) < 4.78 is 0. The van der Waals surface area contributed by atoms with E-state index in [9.17, 15) is 0 Å². The van der Waals surface area contributed by atoms with Crippen LogP contribution in [0.2, 0.25) is 0 Å². The molecule has 0 amide bonds. The Morgan fingerprint density at radius 3 is 2.24 bits per heavy atom. The highest BCUT2D eigenvalue weighted by molar-refractivity contribution is 5.85. The van der Waals surface area contributed by atoms with E-state index in [0.29, 0.717) is 5.92 Å². The summed E-state index contributed by atoms with van der Waals surface area (Å²) in [6.45, 7) is 19.4. The van der Waals surface area contributed by atoms with Crippen molar-refractivity contribution in [3.8, 4) is 11.1 Å². The second-order valence-corrected chi connectivity index (χ2v) is 12.0. The van der Waals surface area contributed by atoms with Crippen molar-refractivity contribution < 1.29 is 0 Å². The molecule has 0 radical (unpaired) electrons. The first-order valence-corrected chi connectivity index (χ1v) is 11.5. The number of benzene rings is 2. The quantitative estimate of drug-likeness (QED) is 0.425. The van der Waals surface area contributed by atoms with Gasteiger partial charge in [-0.3, -0.25) is 0 Å². The zero-order valence-corrected chi connectivity index (χ0v) is 19.6. The van der Waals surface area contributed by atoms with E-state index in [1.807, 2.05) is 0 Å². The molecular formula is C29H36. The first kappa shape index (κ1) is 19.2. The Morgan fingerprint density at radius 1 is 0.793 bits per heavy atom. The summed E-state index contributed by atoms with van der Waals surface area (Å²) in [6, 6.07) is 10.1. The van der Waals surface area contributed by atoms with Crippen LogP contribution >= 0.6 is 0 Å². The Balaban J connectivity index is 1.80. The number of rotatable bonds is 0. The third kappa shape index (κ3) is 2.57. The molecule has 1 atom stereocenters. The fourth-order valence-corrected chi connectivity index (χ4v) is 6.28. The van der Waals surface area contributed by atoms with Crippen molar-refractivity contribution in [2.45, 2.75) is 90.9 Å². The molecule has 0 aromatic heterocycles. The van der Waals surface area contributed by atoms with E-state index >= 15 is 0 Å². The lowest BCUT2D eigenvalue weighted by atomic mass is 9.58. The van der Waals surface area contributed by atoms with Crippen LogP contribution in [0.15, 0.2) is 24.3 Å². The number of hydrogen-bond donors (Lipinski definition) is 0. The van der Waals surface area contributed by atoms with Crippen LogP contribution in [-0.4, -0.2) is 0 Å². The fraction of sp³-hybridized carbons (Fsp3) is 0.517. The van der Waals surface area contributed by atoms with Gasteiger partial charge in [-0.1, -0.05) is 60.1 Å². The van der Waals surface area contributed by atoms with E-state index in [1.165, 1.54) is 46.4 Å². The summed E-state index contributed by atoms with van der Waals surface area (Å²) in [5.74, 6) is 0.692. The van der Waals surface area contributed by atoms with Gasteiger partial charge in [-0.25, -0.2) is 0 Å². The van der Waals surface area contributed by atoms with Crippen LogP contribution in [0.25, 0.3) is 22.8 Å². The van der Waals surface area contributed by atoms with Crippen LogP contribution in [0.4, 0.5) is 0 Å². The average molecular weight is 385 g/mol. The SMILES string of the molecule is CC1=c2cc3c(cc2C(C)(C)CC1)=Cc1cc2c(cc1-3)C(C)(C)CC(C)C2(C)C. The van der Waals surface area contributed by atoms with Gasteiger partial charge in [-0.15, -0.1) is 0 Å². The predicted octanol–water partition coefficient (Wildman–Crippen LogP) is 6.33. The minimum Gasteiger partial charge on any atom is -0.0657 e. The molecule has 0 aliphatic heterocycles. The van der Waals surface area contributed by atoms with Crippen molar-refractivity contribution in [3.63, 3.8) is 0 Å². The average Bonchev–Trinajstić information content (AvgIpc) is 2.98. The lowest BCUT2D eigenvalue weighted by molar-refractivity contribution is 0.233. The maximum Gasteiger partial charge on any atom is -0.00745 e. The molecule has 0 saturated heterocycles. The van der Waals surface area contributed by atoms with Gasteiger partial charge in [-0.05, 0) is 116 Å². The van der Waals surface area contributed by atoms with Crippen LogP contribution < -0.4 is 10.4 Å². The smallest absolute Gasteiger partial charge is 0.00745 e. The lowest BCUT2D eigenvalue weighted by Gasteiger charge is -2.47. The second-order valence-electron chi connectivity index (χ2n) is 12.0. The van der Waals surface area contributed by atoms with E-state index in [0.717, 1.165) is 0 Å². The Kier molecular flexibility index (Phi) is 3.74. The van der Waals surface area contributed by atoms with Crippen molar-refractivity contribution in [1.82, 2.24) is 0 Å². The molecule has 2 aromatic rings. The highest BCUT2D eigenvalue weighted by Gasteiger charge is 2.42. The normalized spacial score (nSPS) is 24.8. The zero-order chi connectivity index (χ0) is 20.9. The summed E-state index contributed by atoms with van der Waals surface area (Å²) in [5, 5.41) is 2.93. The highest BCUT2D eigenvalue weighted by Crippen LogP contribution is 2.51. The van der Waals surface area contributed by atoms with E-state index in [1.54, 1.807) is 22.3 Å². The molecule has 0 spiro atoms. The lowest BCUT2D eigenvalue weighted by Crippen LogP contribution is -2.40. The van der Waals surface area contributed by atoms with Gasteiger partial charge in [0.15, 0.2) is 0 Å². The molecule has 5 rings (SSSR count).